The summed E-state index contributed by atoms with van der Waals surface area (Å²) in [5, 5.41) is 12.7. The third kappa shape index (κ3) is 5.51. The minimum absolute atomic E-state index is 0.223. The third-order valence-corrected chi connectivity index (χ3v) is 6.52. The van der Waals surface area contributed by atoms with E-state index < -0.39 is 0 Å². The Balaban J connectivity index is 2.21. The predicted molar refractivity (Wildman–Crippen MR) is 148 cm³/mol. The van der Waals surface area contributed by atoms with Crippen molar-refractivity contribution >= 4 is 45.4 Å². The summed E-state index contributed by atoms with van der Waals surface area (Å²) in [6.45, 7) is 5.59. The molecule has 0 saturated heterocycles. The van der Waals surface area contributed by atoms with Gasteiger partial charge in [-0.15, -0.1) is 0 Å². The number of likely N-dealkylation sites (N-methyl/N-ethyl adjacent to an activating group) is 1. The smallest absolute Gasteiger partial charge is 0.259 e. The zero-order valence-corrected chi connectivity index (χ0v) is 22.8. The number of fused-ring (bicyclic) bond motifs is 1. The van der Waals surface area contributed by atoms with Crippen molar-refractivity contribution in [2.24, 2.45) is 0 Å². The van der Waals surface area contributed by atoms with Gasteiger partial charge in [0.2, 0.25) is 0 Å². The molecule has 0 radical (unpaired) electrons. The molecule has 8 nitrogen and oxygen atoms in total. The number of rotatable bonds is 10. The molecule has 0 fully saturated rings. The van der Waals surface area contributed by atoms with E-state index in [0.717, 1.165) is 18.5 Å². The quantitative estimate of drug-likeness (QED) is 0.284. The van der Waals surface area contributed by atoms with Crippen molar-refractivity contribution in [2.75, 3.05) is 41.4 Å². The van der Waals surface area contributed by atoms with Crippen LogP contribution < -0.4 is 20.3 Å². The summed E-state index contributed by atoms with van der Waals surface area (Å²) in [7, 11) is 6.97. The van der Waals surface area contributed by atoms with Gasteiger partial charge in [0.25, 0.3) is 5.56 Å². The molecular weight excluding hydrogens is 501 g/mol. The lowest BCUT2D eigenvalue weighted by Crippen LogP contribution is -2.24. The van der Waals surface area contributed by atoms with Gasteiger partial charge in [0.05, 0.1) is 41.0 Å². The van der Waals surface area contributed by atoms with Crippen molar-refractivity contribution in [3.63, 3.8) is 0 Å². The number of hydrogen-bond acceptors (Lipinski definition) is 7. The summed E-state index contributed by atoms with van der Waals surface area (Å²) in [6, 6.07) is 5.14. The fourth-order valence-corrected chi connectivity index (χ4v) is 4.58. The highest BCUT2D eigenvalue weighted by molar-refractivity contribution is 6.41. The van der Waals surface area contributed by atoms with Crippen LogP contribution in [-0.4, -0.2) is 61.6 Å². The van der Waals surface area contributed by atoms with Crippen LogP contribution in [0.5, 0.6) is 11.5 Å². The molecule has 0 unspecified atom stereocenters. The van der Waals surface area contributed by atoms with Gasteiger partial charge in [-0.1, -0.05) is 23.2 Å². The number of allylic oxidation sites excluding steroid dienone is 1. The van der Waals surface area contributed by atoms with Crippen LogP contribution in [0.2, 0.25) is 10.0 Å². The molecule has 0 aliphatic rings. The van der Waals surface area contributed by atoms with Gasteiger partial charge in [0.15, 0.2) is 0 Å². The maximum atomic E-state index is 13.7. The van der Waals surface area contributed by atoms with Crippen molar-refractivity contribution < 1.29 is 9.47 Å². The molecule has 0 spiro atoms. The highest BCUT2D eigenvalue weighted by Gasteiger charge is 2.23. The zero-order chi connectivity index (χ0) is 26.6. The number of halogens is 2. The number of benzene rings is 1. The average Bonchev–Trinajstić information content (AvgIpc) is 2.84. The monoisotopic (exact) mass is 531 g/mol. The number of aromatic nitrogens is 2. The van der Waals surface area contributed by atoms with Crippen molar-refractivity contribution in [1.82, 2.24) is 19.8 Å². The molecule has 2 heterocycles. The van der Waals surface area contributed by atoms with Gasteiger partial charge in [-0.3, -0.25) is 9.78 Å². The average molecular weight is 532 g/mol. The van der Waals surface area contributed by atoms with Gasteiger partial charge in [-0.2, -0.15) is 0 Å². The van der Waals surface area contributed by atoms with E-state index in [2.05, 4.69) is 15.2 Å². The summed E-state index contributed by atoms with van der Waals surface area (Å²) in [5.74, 6) is 0.698. The van der Waals surface area contributed by atoms with E-state index in [1.165, 1.54) is 14.2 Å². The first-order chi connectivity index (χ1) is 17.1. The second kappa shape index (κ2) is 11.8. The number of hydrogen-bond donors (Lipinski definition) is 2. The summed E-state index contributed by atoms with van der Waals surface area (Å²) < 4.78 is 12.4. The Hall–Kier alpha value is -3.07. The molecule has 0 bridgehead atoms. The Kier molecular flexibility index (Phi) is 9.00. The fraction of sp³-hybridized carbons (Fsp3) is 0.346. The lowest BCUT2D eigenvalue weighted by Gasteiger charge is -2.17. The normalized spacial score (nSPS) is 11.8. The van der Waals surface area contributed by atoms with E-state index in [-0.39, 0.29) is 15.6 Å². The lowest BCUT2D eigenvalue weighted by atomic mass is 10.0. The SMILES string of the molecule is CCn1c(=O)c(-c2c(Cl)c(OC)cc(OC)c2Cl)cc2cnc(/C(=C/NCCN(C)C)C(C)=N)cc21. The van der Waals surface area contributed by atoms with Crippen LogP contribution in [0.4, 0.5) is 0 Å². The molecule has 10 heteroatoms. The van der Waals surface area contributed by atoms with E-state index >= 15 is 0 Å². The van der Waals surface area contributed by atoms with Gasteiger partial charge in [0.1, 0.15) is 11.5 Å². The molecule has 1 aromatic carbocycles. The Morgan fingerprint density at radius 2 is 1.81 bits per heavy atom. The first kappa shape index (κ1) is 27.5. The molecule has 0 atom stereocenters. The van der Waals surface area contributed by atoms with Crippen LogP contribution in [0.25, 0.3) is 27.6 Å². The Morgan fingerprint density at radius 1 is 1.17 bits per heavy atom. The number of nitrogens with zero attached hydrogens (tertiary/aromatic N) is 3. The van der Waals surface area contributed by atoms with Crippen molar-refractivity contribution in [1.29, 1.82) is 5.41 Å². The van der Waals surface area contributed by atoms with E-state index in [9.17, 15) is 4.79 Å². The lowest BCUT2D eigenvalue weighted by molar-refractivity contribution is 0.395. The molecule has 192 valence electrons. The molecule has 3 aromatic rings. The summed E-state index contributed by atoms with van der Waals surface area (Å²) in [6.07, 6.45) is 3.49. The molecule has 2 N–H and O–H groups in total. The van der Waals surface area contributed by atoms with Gasteiger partial charge in [0, 0.05) is 60.3 Å². The van der Waals surface area contributed by atoms with Gasteiger partial charge >= 0.3 is 0 Å². The topological polar surface area (TPSA) is 92.5 Å². The second-order valence-electron chi connectivity index (χ2n) is 8.46. The van der Waals surface area contributed by atoms with E-state index in [1.54, 1.807) is 36.0 Å². The Labute approximate surface area is 220 Å². The number of methoxy groups -OCH3 is 2. The fourth-order valence-electron chi connectivity index (χ4n) is 3.87. The van der Waals surface area contributed by atoms with E-state index in [1.807, 2.05) is 27.1 Å². The highest BCUT2D eigenvalue weighted by atomic mass is 35.5. The molecule has 36 heavy (non-hydrogen) atoms. The van der Waals surface area contributed by atoms with Crippen LogP contribution in [0.3, 0.4) is 0 Å². The predicted octanol–water partition coefficient (Wildman–Crippen LogP) is 4.94. The zero-order valence-electron chi connectivity index (χ0n) is 21.3. The van der Waals surface area contributed by atoms with Crippen LogP contribution in [0.1, 0.15) is 19.5 Å². The molecular formula is C26H31Cl2N5O3. The first-order valence-corrected chi connectivity index (χ1v) is 12.2. The van der Waals surface area contributed by atoms with Gasteiger partial charge in [-0.25, -0.2) is 0 Å². The maximum absolute atomic E-state index is 13.7. The summed E-state index contributed by atoms with van der Waals surface area (Å²) in [4.78, 5) is 20.4. The van der Waals surface area contributed by atoms with Crippen LogP contribution in [-0.2, 0) is 6.54 Å². The van der Waals surface area contributed by atoms with Crippen LogP contribution in [0.15, 0.2) is 35.4 Å². The summed E-state index contributed by atoms with van der Waals surface area (Å²) in [5.41, 5.74) is 2.70. The molecule has 0 amide bonds. The van der Waals surface area contributed by atoms with Crippen molar-refractivity contribution in [3.05, 3.63) is 56.7 Å². The molecule has 2 aromatic heterocycles. The first-order valence-electron chi connectivity index (χ1n) is 11.4. The molecule has 0 aliphatic carbocycles. The Morgan fingerprint density at radius 3 is 2.33 bits per heavy atom. The van der Waals surface area contributed by atoms with Crippen molar-refractivity contribution in [2.45, 2.75) is 20.4 Å². The summed E-state index contributed by atoms with van der Waals surface area (Å²) >= 11 is 13.2. The Bertz CT molecular complexity index is 1350. The third-order valence-electron chi connectivity index (χ3n) is 5.77. The van der Waals surface area contributed by atoms with Crippen LogP contribution in [0, 0.1) is 5.41 Å². The van der Waals surface area contributed by atoms with E-state index in [0.29, 0.717) is 51.7 Å². The van der Waals surface area contributed by atoms with Crippen LogP contribution >= 0.6 is 23.2 Å². The number of aryl methyl sites for hydroxylation is 1. The second-order valence-corrected chi connectivity index (χ2v) is 9.22. The minimum atomic E-state index is -0.262. The molecule has 0 aliphatic heterocycles. The highest BCUT2D eigenvalue weighted by Crippen LogP contribution is 2.45. The standard InChI is InChI=1S/C26H31Cl2N5O3/c1-7-33-20-11-19(18(15(2)29)14-30-8-9-32(3)4)31-13-16(20)10-17(26(33)34)23-24(27)21(35-5)12-22(36-6)25(23)28/h10-14,29-30H,7-9H2,1-6H3/b18-14+,29-15?. The molecule has 0 saturated carbocycles. The number of nitrogens with one attached hydrogen (secondary N) is 2. The maximum Gasteiger partial charge on any atom is 0.259 e. The largest absolute Gasteiger partial charge is 0.495 e. The van der Waals surface area contributed by atoms with Crippen molar-refractivity contribution in [3.8, 4) is 22.6 Å². The van der Waals surface area contributed by atoms with E-state index in [4.69, 9.17) is 38.1 Å². The van der Waals surface area contributed by atoms with Gasteiger partial charge in [-0.05, 0) is 40.1 Å². The van der Waals surface area contributed by atoms with Gasteiger partial charge < -0.3 is 29.7 Å². The number of ether oxygens (including phenoxy) is 2. The molecule has 3 rings (SSSR count). The minimum Gasteiger partial charge on any atom is -0.495 e. The number of pyridine rings is 2.